The van der Waals surface area contributed by atoms with Crippen LogP contribution in [0, 0.1) is 0 Å². The predicted octanol–water partition coefficient (Wildman–Crippen LogP) is 1.87. The zero-order valence-electron chi connectivity index (χ0n) is 6.77. The molecule has 0 amide bonds. The minimum absolute atomic E-state index is 0.328. The molecule has 0 bridgehead atoms. The Morgan fingerprint density at radius 2 is 1.89 bits per heavy atom. The third kappa shape index (κ3) is 8.31. The van der Waals surface area contributed by atoms with Gasteiger partial charge in [0.1, 0.15) is 0 Å². The second kappa shape index (κ2) is 3.47. The van der Waals surface area contributed by atoms with Crippen LogP contribution in [-0.2, 0) is 0 Å². The molecule has 0 saturated carbocycles. The summed E-state index contributed by atoms with van der Waals surface area (Å²) in [6.07, 6.45) is 0. The zero-order chi connectivity index (χ0) is 7.49. The summed E-state index contributed by atoms with van der Waals surface area (Å²) in [7, 11) is 0. The van der Waals surface area contributed by atoms with E-state index < -0.39 is 0 Å². The molecule has 9 heavy (non-hydrogen) atoms. The molecule has 0 heterocycles. The predicted molar refractivity (Wildman–Crippen MR) is 45.9 cm³/mol. The Bertz CT molecular complexity index is 73.5. The molecule has 2 heteroatoms. The van der Waals surface area contributed by atoms with Crippen molar-refractivity contribution >= 4 is 11.8 Å². The van der Waals surface area contributed by atoms with Gasteiger partial charge < -0.3 is 5.73 Å². The van der Waals surface area contributed by atoms with Crippen LogP contribution >= 0.6 is 11.8 Å². The molecule has 0 aromatic carbocycles. The maximum absolute atomic E-state index is 5.58. The molecule has 56 valence electrons. The fraction of sp³-hybridized carbons (Fsp3) is 1.00. The molecule has 0 aromatic rings. The maximum atomic E-state index is 5.58. The number of thioether (sulfide) groups is 1. The van der Waals surface area contributed by atoms with Gasteiger partial charge in [0.15, 0.2) is 0 Å². The third-order valence-corrected chi connectivity index (χ3v) is 2.34. The first kappa shape index (κ1) is 9.31. The van der Waals surface area contributed by atoms with Crippen molar-refractivity contribution in [1.82, 2.24) is 0 Å². The first-order valence-corrected chi connectivity index (χ1v) is 4.30. The summed E-state index contributed by atoms with van der Waals surface area (Å²) in [4.78, 5) is 0. The molecule has 0 aromatic heterocycles. The van der Waals surface area contributed by atoms with E-state index in [4.69, 9.17) is 5.73 Å². The first-order valence-electron chi connectivity index (χ1n) is 3.31. The van der Waals surface area contributed by atoms with Crippen LogP contribution in [0.4, 0.5) is 0 Å². The molecule has 0 aliphatic heterocycles. The van der Waals surface area contributed by atoms with Gasteiger partial charge in [-0.1, -0.05) is 20.8 Å². The summed E-state index contributed by atoms with van der Waals surface area (Å²) in [5.41, 5.74) is 5.58. The van der Waals surface area contributed by atoms with E-state index in [1.165, 1.54) is 0 Å². The Kier molecular flexibility index (Phi) is 3.59. The topological polar surface area (TPSA) is 26.0 Å². The Hall–Kier alpha value is 0.310. The van der Waals surface area contributed by atoms with Gasteiger partial charge in [0.2, 0.25) is 0 Å². The normalized spacial score (nSPS) is 15.7. The van der Waals surface area contributed by atoms with Gasteiger partial charge in [-0.3, -0.25) is 0 Å². The van der Waals surface area contributed by atoms with Crippen LogP contribution < -0.4 is 5.73 Å². The average molecular weight is 147 g/mol. The second-order valence-electron chi connectivity index (χ2n) is 3.40. The van der Waals surface area contributed by atoms with Gasteiger partial charge in [0.05, 0.1) is 0 Å². The van der Waals surface area contributed by atoms with Crippen LogP contribution in [0.25, 0.3) is 0 Å². The van der Waals surface area contributed by atoms with Gasteiger partial charge in [-0.2, -0.15) is 11.8 Å². The quantitative estimate of drug-likeness (QED) is 0.645. The molecule has 0 rings (SSSR count). The highest BCUT2D eigenvalue weighted by Crippen LogP contribution is 2.22. The average Bonchev–Trinajstić information content (AvgIpc) is 1.59. The summed E-state index contributed by atoms with van der Waals surface area (Å²) in [5, 5.41) is 0. The molecule has 0 aliphatic rings. The van der Waals surface area contributed by atoms with Gasteiger partial charge in [0, 0.05) is 16.5 Å². The first-order chi connectivity index (χ1) is 3.92. The van der Waals surface area contributed by atoms with Crippen LogP contribution in [0.2, 0.25) is 0 Å². The van der Waals surface area contributed by atoms with Crippen molar-refractivity contribution in [2.45, 2.75) is 38.5 Å². The van der Waals surface area contributed by atoms with E-state index in [9.17, 15) is 0 Å². The van der Waals surface area contributed by atoms with Crippen molar-refractivity contribution in [2.24, 2.45) is 5.73 Å². The van der Waals surface area contributed by atoms with Gasteiger partial charge in [0.25, 0.3) is 0 Å². The Morgan fingerprint density at radius 3 is 2.00 bits per heavy atom. The fourth-order valence-corrected chi connectivity index (χ4v) is 1.14. The van der Waals surface area contributed by atoms with Gasteiger partial charge in [-0.25, -0.2) is 0 Å². The smallest absolute Gasteiger partial charge is 0.0102 e. The molecule has 0 spiro atoms. The SMILES string of the molecule is C[C@@H](N)CSC(C)(C)C. The maximum Gasteiger partial charge on any atom is 0.0102 e. The Balaban J connectivity index is 3.28. The molecule has 0 saturated heterocycles. The molecular formula is C7H17NS. The van der Waals surface area contributed by atoms with Crippen molar-refractivity contribution in [2.75, 3.05) is 5.75 Å². The largest absolute Gasteiger partial charge is 0.327 e. The summed E-state index contributed by atoms with van der Waals surface area (Å²) < 4.78 is 0.369. The summed E-state index contributed by atoms with van der Waals surface area (Å²) in [6, 6.07) is 0.328. The zero-order valence-corrected chi connectivity index (χ0v) is 7.59. The van der Waals surface area contributed by atoms with E-state index in [1.54, 1.807) is 0 Å². The molecule has 1 nitrogen and oxygen atoms in total. The number of nitrogens with two attached hydrogens (primary N) is 1. The minimum atomic E-state index is 0.328. The van der Waals surface area contributed by atoms with Crippen LogP contribution in [0.3, 0.4) is 0 Å². The van der Waals surface area contributed by atoms with Crippen LogP contribution in [0.5, 0.6) is 0 Å². The summed E-state index contributed by atoms with van der Waals surface area (Å²) >= 11 is 1.92. The van der Waals surface area contributed by atoms with Crippen molar-refractivity contribution in [3.8, 4) is 0 Å². The molecule has 1 atom stereocenters. The van der Waals surface area contributed by atoms with E-state index in [2.05, 4.69) is 20.8 Å². The number of hydrogen-bond acceptors (Lipinski definition) is 2. The van der Waals surface area contributed by atoms with Crippen LogP contribution in [0.15, 0.2) is 0 Å². The van der Waals surface area contributed by atoms with Crippen molar-refractivity contribution in [3.05, 3.63) is 0 Å². The van der Waals surface area contributed by atoms with Gasteiger partial charge >= 0.3 is 0 Å². The molecule has 0 unspecified atom stereocenters. The lowest BCUT2D eigenvalue weighted by Gasteiger charge is -2.18. The van der Waals surface area contributed by atoms with E-state index in [0.29, 0.717) is 10.8 Å². The summed E-state index contributed by atoms with van der Waals surface area (Å²) in [6.45, 7) is 8.67. The fourth-order valence-electron chi connectivity index (χ4n) is 0.381. The van der Waals surface area contributed by atoms with E-state index in [0.717, 1.165) is 5.75 Å². The van der Waals surface area contributed by atoms with Gasteiger partial charge in [-0.05, 0) is 6.92 Å². The summed E-state index contributed by atoms with van der Waals surface area (Å²) in [5.74, 6) is 1.06. The highest BCUT2D eigenvalue weighted by Gasteiger charge is 2.10. The molecular weight excluding hydrogens is 130 g/mol. The number of rotatable bonds is 2. The molecule has 0 fully saturated rings. The molecule has 0 aliphatic carbocycles. The highest BCUT2D eigenvalue weighted by molar-refractivity contribution is 8.00. The second-order valence-corrected chi connectivity index (χ2v) is 5.25. The van der Waals surface area contributed by atoms with E-state index in [-0.39, 0.29) is 0 Å². The van der Waals surface area contributed by atoms with Crippen molar-refractivity contribution < 1.29 is 0 Å². The van der Waals surface area contributed by atoms with E-state index in [1.807, 2.05) is 18.7 Å². The number of hydrogen-bond donors (Lipinski definition) is 1. The Labute approximate surface area is 62.4 Å². The Morgan fingerprint density at radius 1 is 1.44 bits per heavy atom. The highest BCUT2D eigenvalue weighted by atomic mass is 32.2. The van der Waals surface area contributed by atoms with Crippen molar-refractivity contribution in [1.29, 1.82) is 0 Å². The van der Waals surface area contributed by atoms with Crippen LogP contribution in [0.1, 0.15) is 27.7 Å². The molecule has 2 N–H and O–H groups in total. The lowest BCUT2D eigenvalue weighted by atomic mass is 10.3. The van der Waals surface area contributed by atoms with Crippen LogP contribution in [-0.4, -0.2) is 16.5 Å². The molecule has 0 radical (unpaired) electrons. The van der Waals surface area contributed by atoms with E-state index >= 15 is 0 Å². The standard InChI is InChI=1S/C7H17NS/c1-6(8)5-9-7(2,3)4/h6H,5,8H2,1-4H3/t6-/m1/s1. The lowest BCUT2D eigenvalue weighted by Crippen LogP contribution is -2.21. The monoisotopic (exact) mass is 147 g/mol. The lowest BCUT2D eigenvalue weighted by molar-refractivity contribution is 0.784. The van der Waals surface area contributed by atoms with Crippen molar-refractivity contribution in [3.63, 3.8) is 0 Å². The third-order valence-electron chi connectivity index (χ3n) is 0.779. The minimum Gasteiger partial charge on any atom is -0.327 e. The van der Waals surface area contributed by atoms with Gasteiger partial charge in [-0.15, -0.1) is 0 Å².